The van der Waals surface area contributed by atoms with Crippen molar-refractivity contribution in [1.82, 2.24) is 5.32 Å². The van der Waals surface area contributed by atoms with Crippen LogP contribution in [0.2, 0.25) is 0 Å². The quantitative estimate of drug-likeness (QED) is 0.814. The summed E-state index contributed by atoms with van der Waals surface area (Å²) < 4.78 is 12.8. The molecule has 0 aromatic heterocycles. The Morgan fingerprint density at radius 2 is 2.05 bits per heavy atom. The minimum atomic E-state index is -0.357. The van der Waals surface area contributed by atoms with E-state index in [4.69, 9.17) is 5.26 Å². The first-order valence-electron chi connectivity index (χ1n) is 6.86. The molecule has 1 aromatic rings. The second-order valence-corrected chi connectivity index (χ2v) is 4.93. The molecule has 100 valence electrons. The average molecular weight is 258 g/mol. The molecule has 1 atom stereocenters. The summed E-state index contributed by atoms with van der Waals surface area (Å²) in [4.78, 5) is 0. The maximum absolute atomic E-state index is 12.8. The number of allylic oxidation sites excluding steroid dienone is 1. The summed E-state index contributed by atoms with van der Waals surface area (Å²) >= 11 is 0. The van der Waals surface area contributed by atoms with Gasteiger partial charge in [-0.3, -0.25) is 5.32 Å². The van der Waals surface area contributed by atoms with Crippen molar-refractivity contribution >= 4 is 0 Å². The Labute approximate surface area is 113 Å². The summed E-state index contributed by atoms with van der Waals surface area (Å²) in [6.07, 6.45) is 8.28. The lowest BCUT2D eigenvalue weighted by atomic mass is 9.97. The molecule has 0 fully saturated rings. The van der Waals surface area contributed by atoms with Gasteiger partial charge in [-0.2, -0.15) is 5.26 Å². The van der Waals surface area contributed by atoms with Crippen LogP contribution in [0.5, 0.6) is 0 Å². The van der Waals surface area contributed by atoms with E-state index in [-0.39, 0.29) is 11.9 Å². The van der Waals surface area contributed by atoms with Crippen LogP contribution in [-0.4, -0.2) is 6.54 Å². The van der Waals surface area contributed by atoms with Gasteiger partial charge in [0.2, 0.25) is 0 Å². The smallest absolute Gasteiger partial charge is 0.123 e. The van der Waals surface area contributed by atoms with Gasteiger partial charge >= 0.3 is 0 Å². The molecule has 0 aliphatic heterocycles. The second-order valence-electron chi connectivity index (χ2n) is 4.93. The van der Waals surface area contributed by atoms with Gasteiger partial charge in [0.05, 0.1) is 6.07 Å². The Kier molecular flexibility index (Phi) is 5.11. The van der Waals surface area contributed by atoms with Crippen LogP contribution in [0.25, 0.3) is 0 Å². The van der Waals surface area contributed by atoms with Crippen molar-refractivity contribution in [2.75, 3.05) is 6.54 Å². The molecular formula is C16H19FN2. The summed E-state index contributed by atoms with van der Waals surface area (Å²) in [5.74, 6) is -0.271. The molecule has 1 aliphatic carbocycles. The number of hydrogen-bond donors (Lipinski definition) is 1. The van der Waals surface area contributed by atoms with E-state index in [1.807, 2.05) is 0 Å². The van der Waals surface area contributed by atoms with E-state index in [1.54, 1.807) is 12.1 Å². The number of benzene rings is 1. The normalized spacial score (nSPS) is 16.5. The third-order valence-electron chi connectivity index (χ3n) is 3.51. The Morgan fingerprint density at radius 1 is 1.26 bits per heavy atom. The zero-order valence-corrected chi connectivity index (χ0v) is 11.0. The number of nitriles is 1. The maximum atomic E-state index is 12.8. The monoisotopic (exact) mass is 258 g/mol. The number of halogens is 1. The number of rotatable bonds is 5. The molecular weight excluding hydrogens is 239 g/mol. The molecule has 1 aliphatic rings. The maximum Gasteiger partial charge on any atom is 0.123 e. The fourth-order valence-electron chi connectivity index (χ4n) is 2.40. The van der Waals surface area contributed by atoms with Gasteiger partial charge in [0.1, 0.15) is 11.9 Å². The standard InChI is InChI=1S/C16H19FN2/c17-15-8-6-14(7-9-15)16(12-18)19-11-10-13-4-2-1-3-5-13/h4,6-9,16,19H,1-3,5,10-11H2. The minimum absolute atomic E-state index is 0.271. The Balaban J connectivity index is 1.84. The molecule has 0 bridgehead atoms. The SMILES string of the molecule is N#CC(NCCC1=CCCCC1)c1ccc(F)cc1. The van der Waals surface area contributed by atoms with Crippen LogP contribution in [-0.2, 0) is 0 Å². The van der Waals surface area contributed by atoms with Crippen molar-refractivity contribution < 1.29 is 4.39 Å². The Hall–Kier alpha value is -1.66. The molecule has 0 amide bonds. The van der Waals surface area contributed by atoms with Crippen LogP contribution >= 0.6 is 0 Å². The predicted octanol–water partition coefficient (Wildman–Crippen LogP) is 3.87. The fourth-order valence-corrected chi connectivity index (χ4v) is 2.40. The third-order valence-corrected chi connectivity index (χ3v) is 3.51. The third kappa shape index (κ3) is 4.18. The minimum Gasteiger partial charge on any atom is -0.298 e. The molecule has 0 saturated carbocycles. The summed E-state index contributed by atoms with van der Waals surface area (Å²) in [6.45, 7) is 0.793. The van der Waals surface area contributed by atoms with E-state index in [2.05, 4.69) is 17.5 Å². The Bertz CT molecular complexity index is 471. The van der Waals surface area contributed by atoms with Gasteiger partial charge in [-0.15, -0.1) is 0 Å². The van der Waals surface area contributed by atoms with Crippen LogP contribution in [0, 0.1) is 17.1 Å². The highest BCUT2D eigenvalue weighted by Gasteiger charge is 2.10. The van der Waals surface area contributed by atoms with Gasteiger partial charge in [-0.05, 0) is 49.8 Å². The molecule has 3 heteroatoms. The summed E-state index contributed by atoms with van der Waals surface area (Å²) in [6, 6.07) is 7.98. The molecule has 0 spiro atoms. The first-order valence-corrected chi connectivity index (χ1v) is 6.86. The van der Waals surface area contributed by atoms with Gasteiger partial charge in [-0.25, -0.2) is 4.39 Å². The fraction of sp³-hybridized carbons (Fsp3) is 0.438. The molecule has 0 radical (unpaired) electrons. The first-order chi connectivity index (χ1) is 9.29. The largest absolute Gasteiger partial charge is 0.298 e. The van der Waals surface area contributed by atoms with Crippen LogP contribution in [0.3, 0.4) is 0 Å². The molecule has 1 aromatic carbocycles. The topological polar surface area (TPSA) is 35.8 Å². The van der Waals surface area contributed by atoms with Crippen LogP contribution in [0.15, 0.2) is 35.9 Å². The van der Waals surface area contributed by atoms with Crippen LogP contribution < -0.4 is 5.32 Å². The zero-order valence-electron chi connectivity index (χ0n) is 11.0. The number of nitrogens with one attached hydrogen (secondary N) is 1. The van der Waals surface area contributed by atoms with E-state index in [0.717, 1.165) is 18.5 Å². The van der Waals surface area contributed by atoms with E-state index in [0.29, 0.717) is 0 Å². The lowest BCUT2D eigenvalue weighted by molar-refractivity contribution is 0.597. The van der Waals surface area contributed by atoms with Gasteiger partial charge in [-0.1, -0.05) is 23.8 Å². The predicted molar refractivity (Wildman–Crippen MR) is 73.9 cm³/mol. The molecule has 1 N–H and O–H groups in total. The summed E-state index contributed by atoms with van der Waals surface area (Å²) in [5, 5.41) is 12.4. The van der Waals surface area contributed by atoms with Gasteiger partial charge < -0.3 is 0 Å². The molecule has 2 rings (SSSR count). The zero-order chi connectivity index (χ0) is 13.5. The molecule has 2 nitrogen and oxygen atoms in total. The second kappa shape index (κ2) is 7.06. The molecule has 1 unspecified atom stereocenters. The van der Waals surface area contributed by atoms with Crippen molar-refractivity contribution in [1.29, 1.82) is 5.26 Å². The highest BCUT2D eigenvalue weighted by Crippen LogP contribution is 2.20. The summed E-state index contributed by atoms with van der Waals surface area (Å²) in [7, 11) is 0. The molecule has 0 saturated heterocycles. The van der Waals surface area contributed by atoms with Gasteiger partial charge in [0, 0.05) is 6.54 Å². The van der Waals surface area contributed by atoms with E-state index in [9.17, 15) is 4.39 Å². The lowest BCUT2D eigenvalue weighted by Gasteiger charge is -2.15. The number of hydrogen-bond acceptors (Lipinski definition) is 2. The van der Waals surface area contributed by atoms with E-state index >= 15 is 0 Å². The van der Waals surface area contributed by atoms with Crippen LogP contribution in [0.1, 0.15) is 43.7 Å². The summed E-state index contributed by atoms with van der Waals surface area (Å²) in [5.41, 5.74) is 2.32. The van der Waals surface area contributed by atoms with Crippen molar-refractivity contribution in [3.8, 4) is 6.07 Å². The average Bonchev–Trinajstić information content (AvgIpc) is 2.46. The van der Waals surface area contributed by atoms with Crippen molar-refractivity contribution in [3.05, 3.63) is 47.3 Å². The highest BCUT2D eigenvalue weighted by molar-refractivity contribution is 5.24. The first kappa shape index (κ1) is 13.8. The van der Waals surface area contributed by atoms with E-state index in [1.165, 1.54) is 43.4 Å². The van der Waals surface area contributed by atoms with Gasteiger partial charge in [0.25, 0.3) is 0 Å². The lowest BCUT2D eigenvalue weighted by Crippen LogP contribution is -2.21. The van der Waals surface area contributed by atoms with Crippen molar-refractivity contribution in [3.63, 3.8) is 0 Å². The molecule has 0 heterocycles. The van der Waals surface area contributed by atoms with E-state index < -0.39 is 0 Å². The highest BCUT2D eigenvalue weighted by atomic mass is 19.1. The van der Waals surface area contributed by atoms with Crippen molar-refractivity contribution in [2.24, 2.45) is 0 Å². The van der Waals surface area contributed by atoms with Gasteiger partial charge in [0.15, 0.2) is 0 Å². The number of nitrogens with zero attached hydrogens (tertiary/aromatic N) is 1. The van der Waals surface area contributed by atoms with Crippen molar-refractivity contribution in [2.45, 2.75) is 38.1 Å². The van der Waals surface area contributed by atoms with Crippen LogP contribution in [0.4, 0.5) is 4.39 Å². The Morgan fingerprint density at radius 3 is 2.68 bits per heavy atom. The molecule has 19 heavy (non-hydrogen) atoms.